The zero-order valence-corrected chi connectivity index (χ0v) is 9.67. The Labute approximate surface area is 104 Å². The minimum absolute atomic E-state index is 0.214. The molecule has 0 aliphatic carbocycles. The zero-order valence-electron chi connectivity index (χ0n) is 9.67. The van der Waals surface area contributed by atoms with Crippen LogP contribution in [0.2, 0.25) is 0 Å². The number of fused-ring (bicyclic) bond motifs is 1. The second-order valence-corrected chi connectivity index (χ2v) is 4.06. The summed E-state index contributed by atoms with van der Waals surface area (Å²) in [4.78, 5) is 24.1. The second kappa shape index (κ2) is 3.79. The number of hydrogen-bond donors (Lipinski definition) is 1. The summed E-state index contributed by atoms with van der Waals surface area (Å²) in [5.74, 6) is -0.646. The predicted molar refractivity (Wildman–Crippen MR) is 63.9 cm³/mol. The fraction of sp³-hybridized carbons (Fsp3) is 0.154. The zero-order chi connectivity index (χ0) is 13.5. The van der Waals surface area contributed by atoms with Crippen LogP contribution in [0.25, 0.3) is 0 Å². The van der Waals surface area contributed by atoms with Gasteiger partial charge in [0, 0.05) is 18.2 Å². The van der Waals surface area contributed by atoms with Gasteiger partial charge >= 0.3 is 0 Å². The third-order valence-electron chi connectivity index (χ3n) is 3.09. The van der Waals surface area contributed by atoms with Crippen molar-refractivity contribution in [1.82, 2.24) is 0 Å². The molecular weight excluding hydrogens is 232 g/mol. The van der Waals surface area contributed by atoms with Crippen LogP contribution in [0.3, 0.4) is 0 Å². The molecule has 0 fully saturated rings. The maximum Gasteiger partial charge on any atom is 0.268 e. The van der Waals surface area contributed by atoms with Crippen molar-refractivity contribution in [2.24, 2.45) is 0 Å². The van der Waals surface area contributed by atoms with E-state index < -0.39 is 11.5 Å². The van der Waals surface area contributed by atoms with Gasteiger partial charge in [-0.15, -0.1) is 0 Å². The number of likely N-dealkylation sites (N-methyl/N-ethyl adjacent to an activating group) is 1. The SMILES string of the molecule is C=C(C#N)C1(O)C(=O)N(C)c2ccc(C=O)cc21. The summed E-state index contributed by atoms with van der Waals surface area (Å²) in [5.41, 5.74) is -1.34. The van der Waals surface area contributed by atoms with Crippen molar-refractivity contribution in [3.8, 4) is 6.07 Å². The lowest BCUT2D eigenvalue weighted by atomic mass is 9.88. The smallest absolute Gasteiger partial charge is 0.268 e. The lowest BCUT2D eigenvalue weighted by Crippen LogP contribution is -2.39. The summed E-state index contributed by atoms with van der Waals surface area (Å²) in [6.45, 7) is 3.42. The van der Waals surface area contributed by atoms with E-state index in [4.69, 9.17) is 5.26 Å². The molecule has 1 unspecified atom stereocenters. The van der Waals surface area contributed by atoms with Crippen LogP contribution in [0.15, 0.2) is 30.4 Å². The Hall–Kier alpha value is -2.45. The molecule has 1 amide bonds. The van der Waals surface area contributed by atoms with Gasteiger partial charge in [0.25, 0.3) is 5.91 Å². The fourth-order valence-corrected chi connectivity index (χ4v) is 2.05. The standard InChI is InChI=1S/C13H10N2O3/c1-8(6-14)13(18)10-5-9(7-16)3-4-11(10)15(2)12(13)17/h3-5,7,18H,1H2,2H3. The molecule has 1 aromatic carbocycles. The van der Waals surface area contributed by atoms with Gasteiger partial charge in [-0.25, -0.2) is 0 Å². The maximum atomic E-state index is 12.1. The highest BCUT2D eigenvalue weighted by Crippen LogP contribution is 2.43. The van der Waals surface area contributed by atoms with Crippen molar-refractivity contribution in [2.75, 3.05) is 11.9 Å². The largest absolute Gasteiger partial charge is 0.371 e. The molecule has 5 nitrogen and oxygen atoms in total. The fourth-order valence-electron chi connectivity index (χ4n) is 2.05. The van der Waals surface area contributed by atoms with Gasteiger partial charge in [-0.05, 0) is 18.2 Å². The number of amides is 1. The molecule has 2 rings (SSSR count). The number of nitriles is 1. The molecule has 0 saturated heterocycles. The van der Waals surface area contributed by atoms with Gasteiger partial charge in [0.15, 0.2) is 0 Å². The van der Waals surface area contributed by atoms with Gasteiger partial charge in [0.2, 0.25) is 5.60 Å². The molecule has 1 aromatic rings. The Morgan fingerprint density at radius 3 is 2.83 bits per heavy atom. The summed E-state index contributed by atoms with van der Waals surface area (Å²) in [6.07, 6.45) is 0.610. The average Bonchev–Trinajstić information content (AvgIpc) is 2.60. The van der Waals surface area contributed by atoms with Crippen molar-refractivity contribution >= 4 is 17.9 Å². The molecule has 5 heteroatoms. The van der Waals surface area contributed by atoms with Crippen molar-refractivity contribution in [2.45, 2.75) is 5.60 Å². The average molecular weight is 242 g/mol. The van der Waals surface area contributed by atoms with Gasteiger partial charge in [-0.3, -0.25) is 9.59 Å². The number of carbonyl (C=O) groups is 2. The van der Waals surface area contributed by atoms with Crippen LogP contribution in [0, 0.1) is 11.3 Å². The first kappa shape index (κ1) is 12.0. The summed E-state index contributed by atoms with van der Waals surface area (Å²) in [5, 5.41) is 19.3. The molecular formula is C13H10N2O3. The van der Waals surface area contributed by atoms with E-state index in [1.807, 2.05) is 0 Å². The van der Waals surface area contributed by atoms with E-state index in [1.54, 1.807) is 12.1 Å². The topological polar surface area (TPSA) is 81.4 Å². The summed E-state index contributed by atoms with van der Waals surface area (Å²) < 4.78 is 0. The van der Waals surface area contributed by atoms with E-state index in [0.717, 1.165) is 0 Å². The van der Waals surface area contributed by atoms with Gasteiger partial charge in [-0.1, -0.05) is 6.58 Å². The Morgan fingerprint density at radius 1 is 1.61 bits per heavy atom. The third-order valence-corrected chi connectivity index (χ3v) is 3.09. The van der Waals surface area contributed by atoms with Crippen molar-refractivity contribution in [1.29, 1.82) is 5.26 Å². The van der Waals surface area contributed by atoms with Crippen LogP contribution in [0.4, 0.5) is 5.69 Å². The minimum atomic E-state index is -2.07. The molecule has 1 heterocycles. The predicted octanol–water partition coefficient (Wildman–Crippen LogP) is 0.743. The first-order valence-electron chi connectivity index (χ1n) is 5.16. The minimum Gasteiger partial charge on any atom is -0.371 e. The molecule has 0 spiro atoms. The summed E-state index contributed by atoms with van der Waals surface area (Å²) >= 11 is 0. The Balaban J connectivity index is 2.75. The van der Waals surface area contributed by atoms with Crippen molar-refractivity contribution < 1.29 is 14.7 Å². The first-order valence-corrected chi connectivity index (χ1v) is 5.16. The Bertz CT molecular complexity index is 615. The van der Waals surface area contributed by atoms with E-state index in [0.29, 0.717) is 17.5 Å². The van der Waals surface area contributed by atoms with Crippen molar-refractivity contribution in [3.05, 3.63) is 41.5 Å². The number of carbonyl (C=O) groups excluding carboxylic acids is 2. The maximum absolute atomic E-state index is 12.1. The van der Waals surface area contributed by atoms with Gasteiger partial charge < -0.3 is 10.0 Å². The van der Waals surface area contributed by atoms with Crippen LogP contribution in [-0.4, -0.2) is 24.3 Å². The van der Waals surface area contributed by atoms with Gasteiger partial charge in [0.05, 0.1) is 17.3 Å². The number of nitrogens with zero attached hydrogens (tertiary/aromatic N) is 2. The van der Waals surface area contributed by atoms with E-state index in [9.17, 15) is 14.7 Å². The summed E-state index contributed by atoms with van der Waals surface area (Å²) in [7, 11) is 1.49. The highest BCUT2D eigenvalue weighted by molar-refractivity contribution is 6.09. The third kappa shape index (κ3) is 1.30. The van der Waals surface area contributed by atoms with Crippen LogP contribution in [0.1, 0.15) is 15.9 Å². The lowest BCUT2D eigenvalue weighted by Gasteiger charge is -2.20. The lowest BCUT2D eigenvalue weighted by molar-refractivity contribution is -0.131. The van der Waals surface area contributed by atoms with E-state index in [1.165, 1.54) is 24.1 Å². The molecule has 1 N–H and O–H groups in total. The normalized spacial score (nSPS) is 21.4. The van der Waals surface area contributed by atoms with E-state index in [2.05, 4.69) is 6.58 Å². The molecule has 90 valence electrons. The van der Waals surface area contributed by atoms with Gasteiger partial charge in [0.1, 0.15) is 6.29 Å². The van der Waals surface area contributed by atoms with Crippen LogP contribution < -0.4 is 4.90 Å². The monoisotopic (exact) mass is 242 g/mol. The molecule has 1 aliphatic heterocycles. The number of aliphatic hydroxyl groups is 1. The summed E-state index contributed by atoms with van der Waals surface area (Å²) in [6, 6.07) is 6.18. The molecule has 1 atom stereocenters. The Kier molecular flexibility index (Phi) is 2.53. The van der Waals surface area contributed by atoms with Crippen LogP contribution in [-0.2, 0) is 10.4 Å². The molecule has 0 aromatic heterocycles. The first-order chi connectivity index (χ1) is 8.46. The molecule has 18 heavy (non-hydrogen) atoms. The van der Waals surface area contributed by atoms with Crippen molar-refractivity contribution in [3.63, 3.8) is 0 Å². The highest BCUT2D eigenvalue weighted by atomic mass is 16.3. The number of aldehydes is 1. The van der Waals surface area contributed by atoms with Gasteiger partial charge in [-0.2, -0.15) is 5.26 Å². The molecule has 0 radical (unpaired) electrons. The molecule has 1 aliphatic rings. The number of benzene rings is 1. The van der Waals surface area contributed by atoms with E-state index in [-0.39, 0.29) is 11.1 Å². The number of rotatable bonds is 2. The second-order valence-electron chi connectivity index (χ2n) is 4.06. The highest BCUT2D eigenvalue weighted by Gasteiger charge is 2.51. The number of anilines is 1. The molecule has 0 bridgehead atoms. The quantitative estimate of drug-likeness (QED) is 0.612. The van der Waals surface area contributed by atoms with Crippen LogP contribution >= 0.6 is 0 Å². The number of hydrogen-bond acceptors (Lipinski definition) is 4. The van der Waals surface area contributed by atoms with Crippen LogP contribution in [0.5, 0.6) is 0 Å². The van der Waals surface area contributed by atoms with E-state index >= 15 is 0 Å². The molecule has 0 saturated carbocycles. The Morgan fingerprint density at radius 2 is 2.28 bits per heavy atom.